The van der Waals surface area contributed by atoms with Gasteiger partial charge in [-0.15, -0.1) is 0 Å². The van der Waals surface area contributed by atoms with Gasteiger partial charge >= 0.3 is 0 Å². The zero-order chi connectivity index (χ0) is 28.9. The van der Waals surface area contributed by atoms with Crippen LogP contribution in [0.3, 0.4) is 0 Å². The van der Waals surface area contributed by atoms with Crippen LogP contribution in [0.25, 0.3) is 22.3 Å². The van der Waals surface area contributed by atoms with Crippen molar-refractivity contribution in [2.24, 2.45) is 0 Å². The van der Waals surface area contributed by atoms with Crippen LogP contribution in [0, 0.1) is 0 Å². The molecule has 2 aliphatic heterocycles. The molecule has 0 bridgehead atoms. The molecule has 3 unspecified atom stereocenters. The summed E-state index contributed by atoms with van der Waals surface area (Å²) in [5.41, 5.74) is -1.50. The molecule has 0 radical (unpaired) electrons. The van der Waals surface area contributed by atoms with E-state index in [9.17, 15) is 50.8 Å². The summed E-state index contributed by atoms with van der Waals surface area (Å²) >= 11 is 0. The first-order valence-electron chi connectivity index (χ1n) is 12.0. The molecule has 8 atom stereocenters. The molecule has 2 saturated heterocycles. The SMILES string of the molecule is O=c1c(O)c(-c2ccc(O[C@@H]3OC[C@@H](O)C(O)C3O)cc2)oc2c(O[C@@H]3OC[C@H](O)[C@H](O)C3O)c(O)cc(O)c12. The highest BCUT2D eigenvalue weighted by Gasteiger charge is 2.41. The smallest absolute Gasteiger partial charge is 0.238 e. The fraction of sp³-hybridized carbons (Fsp3) is 0.400. The van der Waals surface area contributed by atoms with Gasteiger partial charge in [0.05, 0.1) is 13.2 Å². The third-order valence-electron chi connectivity index (χ3n) is 6.57. The van der Waals surface area contributed by atoms with Gasteiger partial charge in [0.25, 0.3) is 0 Å². The normalized spacial score (nSPS) is 30.8. The van der Waals surface area contributed by atoms with Crippen LogP contribution >= 0.6 is 0 Å². The molecular formula is C25H26O15. The van der Waals surface area contributed by atoms with Gasteiger partial charge in [-0.3, -0.25) is 4.79 Å². The summed E-state index contributed by atoms with van der Waals surface area (Å²) in [5, 5.41) is 90.0. The van der Waals surface area contributed by atoms with Gasteiger partial charge < -0.3 is 69.3 Å². The van der Waals surface area contributed by atoms with Gasteiger partial charge in [0, 0.05) is 11.6 Å². The molecule has 0 amide bonds. The number of rotatable bonds is 5. The molecule has 3 aromatic rings. The summed E-state index contributed by atoms with van der Waals surface area (Å²) in [7, 11) is 0. The van der Waals surface area contributed by atoms with Crippen LogP contribution in [0.1, 0.15) is 0 Å². The Morgan fingerprint density at radius 3 is 1.85 bits per heavy atom. The van der Waals surface area contributed by atoms with E-state index in [1.54, 1.807) is 0 Å². The van der Waals surface area contributed by atoms with Crippen LogP contribution < -0.4 is 14.9 Å². The summed E-state index contributed by atoms with van der Waals surface area (Å²) in [6, 6.07) is 6.19. The molecule has 3 heterocycles. The van der Waals surface area contributed by atoms with Crippen LogP contribution in [0.5, 0.6) is 28.7 Å². The molecule has 216 valence electrons. The quantitative estimate of drug-likeness (QED) is 0.165. The maximum Gasteiger partial charge on any atom is 0.238 e. The monoisotopic (exact) mass is 566 g/mol. The Kier molecular flexibility index (Phi) is 7.47. The molecule has 15 nitrogen and oxygen atoms in total. The van der Waals surface area contributed by atoms with Crippen molar-refractivity contribution >= 4 is 11.0 Å². The van der Waals surface area contributed by atoms with Gasteiger partial charge in [-0.25, -0.2) is 0 Å². The van der Waals surface area contributed by atoms with E-state index >= 15 is 0 Å². The first kappa shape index (κ1) is 27.9. The largest absolute Gasteiger partial charge is 0.507 e. The fourth-order valence-electron chi connectivity index (χ4n) is 4.31. The van der Waals surface area contributed by atoms with Crippen LogP contribution in [0.2, 0.25) is 0 Å². The number of ether oxygens (including phenoxy) is 4. The average molecular weight is 566 g/mol. The Balaban J connectivity index is 1.49. The van der Waals surface area contributed by atoms with Crippen molar-refractivity contribution in [2.45, 2.75) is 49.2 Å². The van der Waals surface area contributed by atoms with Gasteiger partial charge in [-0.2, -0.15) is 0 Å². The Morgan fingerprint density at radius 2 is 1.27 bits per heavy atom. The van der Waals surface area contributed by atoms with Crippen molar-refractivity contribution in [3.63, 3.8) is 0 Å². The zero-order valence-electron chi connectivity index (χ0n) is 20.4. The number of phenols is 2. The predicted molar refractivity (Wildman–Crippen MR) is 130 cm³/mol. The van der Waals surface area contributed by atoms with Crippen LogP contribution in [0.4, 0.5) is 0 Å². The highest BCUT2D eigenvalue weighted by Crippen LogP contribution is 2.43. The van der Waals surface area contributed by atoms with Crippen LogP contribution in [0.15, 0.2) is 39.5 Å². The number of hydrogen-bond donors (Lipinski definition) is 9. The third-order valence-corrected chi connectivity index (χ3v) is 6.57. The standard InChI is InChI=1S/C25H26O15/c26-10-5-11(27)22(40-25-20(35)16(31)13(29)7-37-25)23-14(10)17(32)18(33)21(39-23)8-1-3-9(4-2-8)38-24-19(34)15(30)12(28)6-36-24/h1-5,12-13,15-16,19-20,24-31,33-35H,6-7H2/t12-,13+,15?,16+,19?,20?,24+,25+/m1/s1. The Bertz CT molecular complexity index is 1440. The number of phenolic OH excluding ortho intramolecular Hbond substituents is 2. The van der Waals surface area contributed by atoms with Crippen molar-refractivity contribution in [1.29, 1.82) is 0 Å². The number of aliphatic hydroxyl groups excluding tert-OH is 6. The maximum absolute atomic E-state index is 13.0. The second-order valence-electron chi connectivity index (χ2n) is 9.32. The summed E-state index contributed by atoms with van der Waals surface area (Å²) in [6.45, 7) is -0.698. The Hall–Kier alpha value is -3.67. The van der Waals surface area contributed by atoms with Crippen LogP contribution in [-0.2, 0) is 9.47 Å². The predicted octanol–water partition coefficient (Wildman–Crippen LogP) is -1.79. The van der Waals surface area contributed by atoms with Crippen molar-refractivity contribution in [3.05, 3.63) is 40.6 Å². The number of aliphatic hydroxyl groups is 6. The lowest BCUT2D eigenvalue weighted by atomic mass is 10.1. The van der Waals surface area contributed by atoms with E-state index in [4.69, 9.17) is 23.4 Å². The molecule has 1 aromatic heterocycles. The van der Waals surface area contributed by atoms with Crippen LogP contribution in [-0.4, -0.2) is 108 Å². The minimum atomic E-state index is -1.76. The molecule has 2 aliphatic rings. The Morgan fingerprint density at radius 1 is 0.725 bits per heavy atom. The van der Waals surface area contributed by atoms with Gasteiger partial charge in [-0.05, 0) is 24.3 Å². The van der Waals surface area contributed by atoms with Crippen molar-refractivity contribution in [1.82, 2.24) is 0 Å². The van der Waals surface area contributed by atoms with E-state index in [0.717, 1.165) is 6.07 Å². The van der Waals surface area contributed by atoms with Gasteiger partial charge in [-0.1, -0.05) is 0 Å². The molecule has 0 saturated carbocycles. The Labute approximate surface area is 223 Å². The maximum atomic E-state index is 13.0. The molecule has 15 heteroatoms. The van der Waals surface area contributed by atoms with E-state index in [1.807, 2.05) is 0 Å². The molecule has 9 N–H and O–H groups in total. The van der Waals surface area contributed by atoms with E-state index in [-0.39, 0.29) is 17.9 Å². The lowest BCUT2D eigenvalue weighted by Crippen LogP contribution is -2.54. The molecule has 0 aliphatic carbocycles. The summed E-state index contributed by atoms with van der Waals surface area (Å²) in [4.78, 5) is 13.0. The first-order valence-corrected chi connectivity index (χ1v) is 12.0. The number of aromatic hydroxyl groups is 3. The summed E-state index contributed by atoms with van der Waals surface area (Å²) in [6.07, 6.45) is -12.0. The fourth-order valence-corrected chi connectivity index (χ4v) is 4.31. The third kappa shape index (κ3) is 4.89. The van der Waals surface area contributed by atoms with Crippen molar-refractivity contribution in [2.75, 3.05) is 13.2 Å². The van der Waals surface area contributed by atoms with E-state index in [0.29, 0.717) is 0 Å². The van der Waals surface area contributed by atoms with Gasteiger partial charge in [0.15, 0.2) is 17.1 Å². The minimum absolute atomic E-state index is 0.116. The summed E-state index contributed by atoms with van der Waals surface area (Å²) < 4.78 is 27.1. The number of benzene rings is 2. The van der Waals surface area contributed by atoms with E-state index in [1.165, 1.54) is 24.3 Å². The molecule has 40 heavy (non-hydrogen) atoms. The highest BCUT2D eigenvalue weighted by molar-refractivity contribution is 5.93. The lowest BCUT2D eigenvalue weighted by molar-refractivity contribution is -0.242. The molecule has 5 rings (SSSR count). The van der Waals surface area contributed by atoms with Crippen molar-refractivity contribution < 1.29 is 69.3 Å². The number of hydrogen-bond acceptors (Lipinski definition) is 15. The summed E-state index contributed by atoms with van der Waals surface area (Å²) in [5.74, 6) is -3.22. The lowest BCUT2D eigenvalue weighted by Gasteiger charge is -2.35. The van der Waals surface area contributed by atoms with E-state index < -0.39 is 101 Å². The van der Waals surface area contributed by atoms with Gasteiger partial charge in [0.2, 0.25) is 29.5 Å². The number of fused-ring (bicyclic) bond motifs is 1. The second kappa shape index (κ2) is 10.7. The second-order valence-corrected chi connectivity index (χ2v) is 9.32. The van der Waals surface area contributed by atoms with E-state index in [2.05, 4.69) is 0 Å². The van der Waals surface area contributed by atoms with Gasteiger partial charge in [0.1, 0.15) is 53.5 Å². The first-order chi connectivity index (χ1) is 19.0. The highest BCUT2D eigenvalue weighted by atomic mass is 16.7. The molecule has 0 spiro atoms. The topological polar surface area (TPSA) is 249 Å². The van der Waals surface area contributed by atoms with Crippen molar-refractivity contribution in [3.8, 4) is 40.1 Å². The zero-order valence-corrected chi connectivity index (χ0v) is 20.4. The molecular weight excluding hydrogens is 540 g/mol. The minimum Gasteiger partial charge on any atom is -0.507 e. The molecule has 2 aromatic carbocycles. The average Bonchev–Trinajstić information content (AvgIpc) is 2.93. The molecule has 2 fully saturated rings.